The molecule has 1 fully saturated rings. The van der Waals surface area contributed by atoms with Gasteiger partial charge in [-0.3, -0.25) is 4.79 Å². The highest BCUT2D eigenvalue weighted by Crippen LogP contribution is 2.40. The van der Waals surface area contributed by atoms with E-state index in [0.29, 0.717) is 27.6 Å². The number of fused-ring (bicyclic) bond motifs is 1. The zero-order chi connectivity index (χ0) is 34.0. The van der Waals surface area contributed by atoms with Gasteiger partial charge in [-0.2, -0.15) is 4.99 Å². The largest absolute Gasteiger partial charge is 0.497 e. The monoisotopic (exact) mass is 695 g/mol. The maximum Gasteiger partial charge on any atom is 0.235 e. The topological polar surface area (TPSA) is 71.4 Å². The van der Waals surface area contributed by atoms with Crippen LogP contribution in [-0.4, -0.2) is 44.3 Å². The standard InChI is InChI=1S/C36H30Cl2F3N3O4/c1-47-24-5-2-22(3-6-24)19-44-34(46)11-8-26-33(10-9-29(39)35(26)44)48-20-36(42-21-45)12-14-43(15-13-36)32-18-30(40)27(17-31(32)41)25-7-4-23(37)16-28(25)38/h2-7,9-10,16-18H,8,11-15,19-20H2,1H3. The molecule has 0 N–H and O–H groups in total. The van der Waals surface area contributed by atoms with Crippen molar-refractivity contribution in [1.82, 2.24) is 0 Å². The van der Waals surface area contributed by atoms with Crippen LogP contribution in [0.25, 0.3) is 11.1 Å². The van der Waals surface area contributed by atoms with Crippen molar-refractivity contribution in [2.75, 3.05) is 36.6 Å². The third-order valence-electron chi connectivity index (χ3n) is 8.92. The van der Waals surface area contributed by atoms with Crippen LogP contribution in [0.3, 0.4) is 0 Å². The highest BCUT2D eigenvalue weighted by atomic mass is 35.5. The van der Waals surface area contributed by atoms with Gasteiger partial charge < -0.3 is 19.3 Å². The number of nitrogens with zero attached hydrogens (tertiary/aromatic N) is 3. The summed E-state index contributed by atoms with van der Waals surface area (Å²) in [6.07, 6.45) is 2.64. The highest BCUT2D eigenvalue weighted by molar-refractivity contribution is 6.36. The Morgan fingerprint density at radius 2 is 1.65 bits per heavy atom. The average Bonchev–Trinajstić information content (AvgIpc) is 3.07. The molecule has 1 saturated heterocycles. The molecule has 0 atom stereocenters. The van der Waals surface area contributed by atoms with Crippen molar-refractivity contribution in [3.05, 3.63) is 105 Å². The van der Waals surface area contributed by atoms with Crippen molar-refractivity contribution in [2.45, 2.75) is 37.8 Å². The number of halogens is 5. The minimum Gasteiger partial charge on any atom is -0.497 e. The second-order valence-electron chi connectivity index (χ2n) is 11.8. The molecule has 4 aromatic rings. The molecule has 1 amide bonds. The van der Waals surface area contributed by atoms with E-state index < -0.39 is 23.0 Å². The summed E-state index contributed by atoms with van der Waals surface area (Å²) < 4.78 is 57.4. The number of rotatable bonds is 9. The maximum absolute atomic E-state index is 15.4. The molecule has 2 aliphatic heterocycles. The fraction of sp³-hybridized carbons (Fsp3) is 0.278. The van der Waals surface area contributed by atoms with E-state index in [1.807, 2.05) is 12.1 Å². The fourth-order valence-electron chi connectivity index (χ4n) is 6.28. The van der Waals surface area contributed by atoms with Crippen LogP contribution in [0.4, 0.5) is 24.5 Å². The summed E-state index contributed by atoms with van der Waals surface area (Å²) in [6.45, 7) is 0.622. The van der Waals surface area contributed by atoms with Gasteiger partial charge in [0.2, 0.25) is 12.0 Å². The predicted molar refractivity (Wildman–Crippen MR) is 179 cm³/mol. The smallest absolute Gasteiger partial charge is 0.235 e. The third kappa shape index (κ3) is 6.74. The van der Waals surface area contributed by atoms with Gasteiger partial charge in [-0.05, 0) is 67.3 Å². The molecule has 2 aliphatic rings. The van der Waals surface area contributed by atoms with Gasteiger partial charge in [-0.25, -0.2) is 18.0 Å². The van der Waals surface area contributed by atoms with E-state index in [9.17, 15) is 9.59 Å². The Morgan fingerprint density at radius 1 is 0.896 bits per heavy atom. The second kappa shape index (κ2) is 13.9. The van der Waals surface area contributed by atoms with Gasteiger partial charge in [-0.1, -0.05) is 41.4 Å². The Morgan fingerprint density at radius 3 is 2.33 bits per heavy atom. The lowest BCUT2D eigenvalue weighted by atomic mass is 9.88. The Labute approximate surface area is 285 Å². The first-order valence-electron chi connectivity index (χ1n) is 15.3. The molecule has 248 valence electrons. The summed E-state index contributed by atoms with van der Waals surface area (Å²) >= 11 is 12.2. The summed E-state index contributed by atoms with van der Waals surface area (Å²) in [7, 11) is 1.56. The quantitative estimate of drug-likeness (QED) is 0.130. The van der Waals surface area contributed by atoms with Crippen LogP contribution in [0.1, 0.15) is 30.4 Å². The van der Waals surface area contributed by atoms with Crippen LogP contribution in [0, 0.1) is 17.5 Å². The van der Waals surface area contributed by atoms with Crippen LogP contribution in [0.5, 0.6) is 11.5 Å². The minimum atomic E-state index is -1.00. The van der Waals surface area contributed by atoms with E-state index in [4.69, 9.17) is 32.7 Å². The van der Waals surface area contributed by atoms with Crippen molar-refractivity contribution in [3.63, 3.8) is 0 Å². The molecule has 12 heteroatoms. The molecule has 7 nitrogen and oxygen atoms in total. The number of benzene rings is 4. The molecule has 4 aromatic carbocycles. The number of anilines is 2. The molecular formula is C36H30Cl2F3N3O4. The van der Waals surface area contributed by atoms with E-state index in [2.05, 4.69) is 4.99 Å². The van der Waals surface area contributed by atoms with E-state index >= 15 is 13.2 Å². The summed E-state index contributed by atoms with van der Waals surface area (Å²) in [5.74, 6) is -0.998. The number of piperidine rings is 1. The van der Waals surface area contributed by atoms with Gasteiger partial charge >= 0.3 is 0 Å². The van der Waals surface area contributed by atoms with Crippen molar-refractivity contribution in [2.24, 2.45) is 4.99 Å². The van der Waals surface area contributed by atoms with E-state index in [1.165, 1.54) is 29.2 Å². The lowest BCUT2D eigenvalue weighted by Gasteiger charge is -2.39. The minimum absolute atomic E-state index is 0.00937. The van der Waals surface area contributed by atoms with Gasteiger partial charge in [-0.15, -0.1) is 0 Å². The van der Waals surface area contributed by atoms with Crippen LogP contribution in [-0.2, 0) is 22.6 Å². The van der Waals surface area contributed by atoms with Crippen LogP contribution in [0.2, 0.25) is 10.0 Å². The first kappa shape index (κ1) is 33.4. The summed E-state index contributed by atoms with van der Waals surface area (Å²) in [5.41, 5.74) is 0.893. The summed E-state index contributed by atoms with van der Waals surface area (Å²) in [5, 5.41) is 0.572. The molecule has 0 aliphatic carbocycles. The number of methoxy groups -OCH3 is 1. The number of hydrogen-bond acceptors (Lipinski definition) is 6. The zero-order valence-corrected chi connectivity index (χ0v) is 27.4. The zero-order valence-electron chi connectivity index (χ0n) is 25.9. The second-order valence-corrected chi connectivity index (χ2v) is 12.7. The van der Waals surface area contributed by atoms with E-state index in [1.54, 1.807) is 36.3 Å². The lowest BCUT2D eigenvalue weighted by Crippen LogP contribution is -2.47. The number of carbonyl (C=O) groups is 1. The Balaban J connectivity index is 1.19. The molecule has 6 rings (SSSR count). The first-order valence-corrected chi connectivity index (χ1v) is 16.0. The maximum atomic E-state index is 15.4. The van der Waals surface area contributed by atoms with Crippen LogP contribution in [0.15, 0.2) is 71.7 Å². The van der Waals surface area contributed by atoms with Crippen LogP contribution < -0.4 is 19.3 Å². The summed E-state index contributed by atoms with van der Waals surface area (Å²) in [6, 6.07) is 16.7. The molecule has 0 bridgehead atoms. The molecule has 0 spiro atoms. The third-order valence-corrected chi connectivity index (χ3v) is 9.47. The number of hydrogen-bond donors (Lipinski definition) is 0. The predicted octanol–water partition coefficient (Wildman–Crippen LogP) is 8.32. The van der Waals surface area contributed by atoms with E-state index in [0.717, 1.165) is 17.7 Å². The summed E-state index contributed by atoms with van der Waals surface area (Å²) in [4.78, 5) is 31.7. The Bertz CT molecular complexity index is 1910. The number of isocyanates is 1. The molecule has 0 saturated carbocycles. The Kier molecular flexibility index (Phi) is 9.69. The number of aliphatic imine (C=N–C) groups is 1. The van der Waals surface area contributed by atoms with Crippen molar-refractivity contribution >= 4 is 46.6 Å². The SMILES string of the molecule is COc1ccc(CN2C(=O)CCc3c(OCC4(N=C=O)CCN(c5cc(F)c(-c6ccc(Cl)cc6Cl)cc5F)CC4)ccc(F)c32)cc1. The van der Waals surface area contributed by atoms with Gasteiger partial charge in [0, 0.05) is 52.3 Å². The van der Waals surface area contributed by atoms with Crippen molar-refractivity contribution in [3.8, 4) is 22.6 Å². The van der Waals surface area contributed by atoms with Gasteiger partial charge in [0.1, 0.15) is 41.1 Å². The average molecular weight is 697 g/mol. The van der Waals surface area contributed by atoms with Crippen LogP contribution >= 0.6 is 23.2 Å². The first-order chi connectivity index (χ1) is 23.1. The van der Waals surface area contributed by atoms with Gasteiger partial charge in [0.05, 0.1) is 25.0 Å². The van der Waals surface area contributed by atoms with Crippen molar-refractivity contribution in [1.29, 1.82) is 0 Å². The normalized spacial score (nSPS) is 15.5. The molecule has 0 radical (unpaired) electrons. The lowest BCUT2D eigenvalue weighted by molar-refractivity contribution is -0.119. The fourth-order valence-corrected chi connectivity index (χ4v) is 6.79. The molecular weight excluding hydrogens is 666 g/mol. The highest BCUT2D eigenvalue weighted by Gasteiger charge is 2.38. The van der Waals surface area contributed by atoms with Gasteiger partial charge in [0.25, 0.3) is 0 Å². The molecule has 48 heavy (non-hydrogen) atoms. The number of ether oxygens (including phenoxy) is 2. The van der Waals surface area contributed by atoms with Gasteiger partial charge in [0.15, 0.2) is 0 Å². The number of carbonyl (C=O) groups excluding carboxylic acids is 2. The Hall–Kier alpha value is -4.50. The molecule has 2 heterocycles. The number of amides is 1. The van der Waals surface area contributed by atoms with Crippen molar-refractivity contribution < 1.29 is 32.2 Å². The van der Waals surface area contributed by atoms with E-state index in [-0.39, 0.29) is 79.8 Å². The molecule has 0 aromatic heterocycles. The molecule has 0 unspecified atom stereocenters.